The minimum Gasteiger partial charge on any atom is -0.324 e. The van der Waals surface area contributed by atoms with Crippen LogP contribution in [-0.2, 0) is 0 Å². The van der Waals surface area contributed by atoms with Gasteiger partial charge in [0, 0.05) is 5.56 Å². The average Bonchev–Trinajstić information content (AvgIpc) is 2.31. The molecule has 0 saturated heterocycles. The zero-order valence-corrected chi connectivity index (χ0v) is 9.79. The highest BCUT2D eigenvalue weighted by Gasteiger charge is 2.14. The molecule has 0 aliphatic rings. The van der Waals surface area contributed by atoms with Gasteiger partial charge in [0.2, 0.25) is 0 Å². The number of halogens is 1. The van der Waals surface area contributed by atoms with E-state index >= 15 is 0 Å². The van der Waals surface area contributed by atoms with Crippen molar-refractivity contribution in [2.45, 2.75) is 32.6 Å². The van der Waals surface area contributed by atoms with Crippen molar-refractivity contribution in [2.75, 3.05) is 6.54 Å². The van der Waals surface area contributed by atoms with Gasteiger partial charge in [-0.2, -0.15) is 0 Å². The van der Waals surface area contributed by atoms with Crippen LogP contribution in [0.4, 0.5) is 4.39 Å². The zero-order chi connectivity index (χ0) is 12.1. The van der Waals surface area contributed by atoms with Crippen LogP contribution in [0.2, 0.25) is 0 Å². The van der Waals surface area contributed by atoms with Gasteiger partial charge >= 0.3 is 0 Å². The maximum absolute atomic E-state index is 13.8. The lowest BCUT2D eigenvalue weighted by Gasteiger charge is -2.14. The van der Waals surface area contributed by atoms with Crippen molar-refractivity contribution < 1.29 is 9.18 Å². The summed E-state index contributed by atoms with van der Waals surface area (Å²) in [5.74, 6) is -0.301. The highest BCUT2D eigenvalue weighted by Crippen LogP contribution is 2.26. The smallest absolute Gasteiger partial charge is 0.176 e. The number of hydrogen-bond donors (Lipinski definition) is 1. The number of carbonyl (C=O) groups excluding carboxylic acids is 1. The van der Waals surface area contributed by atoms with Crippen molar-refractivity contribution in [3.63, 3.8) is 0 Å². The molecule has 0 radical (unpaired) electrons. The van der Waals surface area contributed by atoms with Crippen LogP contribution < -0.4 is 5.73 Å². The molecule has 0 amide bonds. The SMILES string of the molecule is CCC(CC)c1ccc(C(=O)CN)cc1F. The molecule has 0 heterocycles. The standard InChI is InChI=1S/C13H18FNO/c1-3-9(4-2)11-6-5-10(7-12(11)14)13(16)8-15/h5-7,9H,3-4,8,15H2,1-2H3. The number of Topliss-reactive ketones (excluding diaryl/α,β-unsaturated/α-hetero) is 1. The van der Waals surface area contributed by atoms with Crippen molar-refractivity contribution in [2.24, 2.45) is 5.73 Å². The Balaban J connectivity index is 3.04. The Kier molecular flexibility index (Phi) is 4.62. The first kappa shape index (κ1) is 12.8. The van der Waals surface area contributed by atoms with Gasteiger partial charge in [-0.15, -0.1) is 0 Å². The van der Waals surface area contributed by atoms with Crippen LogP contribution in [0.1, 0.15) is 48.5 Å². The highest BCUT2D eigenvalue weighted by atomic mass is 19.1. The molecule has 2 N–H and O–H groups in total. The van der Waals surface area contributed by atoms with Crippen molar-refractivity contribution in [3.05, 3.63) is 35.1 Å². The first-order valence-corrected chi connectivity index (χ1v) is 5.66. The van der Waals surface area contributed by atoms with Crippen molar-refractivity contribution in [1.82, 2.24) is 0 Å². The molecule has 3 heteroatoms. The lowest BCUT2D eigenvalue weighted by molar-refractivity contribution is 0.100. The minimum atomic E-state index is -0.298. The van der Waals surface area contributed by atoms with Gasteiger partial charge in [0.05, 0.1) is 6.54 Å². The molecule has 0 spiro atoms. The average molecular weight is 223 g/mol. The van der Waals surface area contributed by atoms with Crippen molar-refractivity contribution in [1.29, 1.82) is 0 Å². The Morgan fingerprint density at radius 1 is 1.38 bits per heavy atom. The van der Waals surface area contributed by atoms with Crippen LogP contribution >= 0.6 is 0 Å². The summed E-state index contributed by atoms with van der Waals surface area (Å²) in [6.07, 6.45) is 1.80. The summed E-state index contributed by atoms with van der Waals surface area (Å²) in [7, 11) is 0. The molecule has 0 aromatic heterocycles. The van der Waals surface area contributed by atoms with E-state index in [0.717, 1.165) is 12.8 Å². The van der Waals surface area contributed by atoms with E-state index in [1.807, 2.05) is 13.8 Å². The summed E-state index contributed by atoms with van der Waals surface area (Å²) in [6.45, 7) is 3.99. The monoisotopic (exact) mass is 223 g/mol. The molecule has 0 saturated carbocycles. The van der Waals surface area contributed by atoms with Crippen LogP contribution in [0.15, 0.2) is 18.2 Å². The summed E-state index contributed by atoms with van der Waals surface area (Å²) in [4.78, 5) is 11.3. The molecule has 0 atom stereocenters. The van der Waals surface area contributed by atoms with Gasteiger partial charge in [0.1, 0.15) is 5.82 Å². The minimum absolute atomic E-state index is 0.0796. The van der Waals surface area contributed by atoms with Gasteiger partial charge in [-0.1, -0.05) is 26.0 Å². The van der Waals surface area contributed by atoms with E-state index < -0.39 is 0 Å². The number of carbonyl (C=O) groups is 1. The summed E-state index contributed by atoms with van der Waals surface area (Å²) >= 11 is 0. The first-order valence-electron chi connectivity index (χ1n) is 5.66. The normalized spacial score (nSPS) is 10.8. The van der Waals surface area contributed by atoms with Crippen molar-refractivity contribution >= 4 is 5.78 Å². The second kappa shape index (κ2) is 5.75. The molecule has 0 bridgehead atoms. The number of benzene rings is 1. The molecule has 1 rings (SSSR count). The third-order valence-corrected chi connectivity index (χ3v) is 2.93. The fourth-order valence-corrected chi connectivity index (χ4v) is 1.88. The largest absolute Gasteiger partial charge is 0.324 e. The summed E-state index contributed by atoms with van der Waals surface area (Å²) < 4.78 is 13.8. The van der Waals surface area contributed by atoms with E-state index in [0.29, 0.717) is 11.1 Å². The fourth-order valence-electron chi connectivity index (χ4n) is 1.88. The Hall–Kier alpha value is -1.22. The first-order chi connectivity index (χ1) is 7.63. The Morgan fingerprint density at radius 3 is 2.44 bits per heavy atom. The molecular formula is C13H18FNO. The number of hydrogen-bond acceptors (Lipinski definition) is 2. The molecular weight excluding hydrogens is 205 g/mol. The van der Waals surface area contributed by atoms with Crippen molar-refractivity contribution in [3.8, 4) is 0 Å². The van der Waals surface area contributed by atoms with E-state index in [1.54, 1.807) is 12.1 Å². The van der Waals surface area contributed by atoms with E-state index in [4.69, 9.17) is 5.73 Å². The Labute approximate surface area is 95.7 Å². The molecule has 0 aliphatic heterocycles. The molecule has 0 unspecified atom stereocenters. The molecule has 0 fully saturated rings. The number of rotatable bonds is 5. The zero-order valence-electron chi connectivity index (χ0n) is 9.79. The molecule has 2 nitrogen and oxygen atoms in total. The summed E-state index contributed by atoms with van der Waals surface area (Å²) in [5.41, 5.74) is 6.28. The van der Waals surface area contributed by atoms with Crippen LogP contribution in [0.5, 0.6) is 0 Å². The third kappa shape index (κ3) is 2.67. The third-order valence-electron chi connectivity index (χ3n) is 2.93. The molecule has 88 valence electrons. The number of ketones is 1. The fraction of sp³-hybridized carbons (Fsp3) is 0.462. The lowest BCUT2D eigenvalue weighted by atomic mass is 9.92. The van der Waals surface area contributed by atoms with Gasteiger partial charge in [-0.25, -0.2) is 4.39 Å². The van der Waals surface area contributed by atoms with Gasteiger partial charge < -0.3 is 5.73 Å². The van der Waals surface area contributed by atoms with Crippen LogP contribution in [-0.4, -0.2) is 12.3 Å². The maximum Gasteiger partial charge on any atom is 0.176 e. The van der Waals surface area contributed by atoms with Gasteiger partial charge in [-0.3, -0.25) is 4.79 Å². The maximum atomic E-state index is 13.8. The summed E-state index contributed by atoms with van der Waals surface area (Å²) in [5, 5.41) is 0. The van der Waals surface area contributed by atoms with E-state index in [2.05, 4.69) is 0 Å². The number of nitrogens with two attached hydrogens (primary N) is 1. The lowest BCUT2D eigenvalue weighted by Crippen LogP contribution is -2.14. The topological polar surface area (TPSA) is 43.1 Å². The molecule has 16 heavy (non-hydrogen) atoms. The molecule has 1 aromatic carbocycles. The second-order valence-corrected chi connectivity index (χ2v) is 3.88. The predicted octanol–water partition coefficient (Wildman–Crippen LogP) is 2.87. The van der Waals surface area contributed by atoms with Gasteiger partial charge in [-0.05, 0) is 30.4 Å². The quantitative estimate of drug-likeness (QED) is 0.780. The Bertz CT molecular complexity index is 372. The Morgan fingerprint density at radius 2 is 2.00 bits per heavy atom. The summed E-state index contributed by atoms with van der Waals surface area (Å²) in [6, 6.07) is 4.66. The second-order valence-electron chi connectivity index (χ2n) is 3.88. The van der Waals surface area contributed by atoms with Gasteiger partial charge in [0.15, 0.2) is 5.78 Å². The van der Waals surface area contributed by atoms with Crippen LogP contribution in [0, 0.1) is 5.82 Å². The van der Waals surface area contributed by atoms with Gasteiger partial charge in [0.25, 0.3) is 0 Å². The molecule has 1 aromatic rings. The van der Waals surface area contributed by atoms with E-state index in [-0.39, 0.29) is 24.1 Å². The predicted molar refractivity (Wildman–Crippen MR) is 63.1 cm³/mol. The highest BCUT2D eigenvalue weighted by molar-refractivity contribution is 5.97. The van der Waals surface area contributed by atoms with Crippen LogP contribution in [0.3, 0.4) is 0 Å². The van der Waals surface area contributed by atoms with E-state index in [1.165, 1.54) is 6.07 Å². The van der Waals surface area contributed by atoms with Crippen LogP contribution in [0.25, 0.3) is 0 Å². The van der Waals surface area contributed by atoms with E-state index in [9.17, 15) is 9.18 Å². The molecule has 0 aliphatic carbocycles.